The highest BCUT2D eigenvalue weighted by Gasteiger charge is 2.34. The minimum atomic E-state index is -0.161. The zero-order valence-corrected chi connectivity index (χ0v) is 11.7. The first-order valence-electron chi connectivity index (χ1n) is 7.09. The van der Waals surface area contributed by atoms with Crippen molar-refractivity contribution in [3.05, 3.63) is 59.7 Å². The molecule has 2 aromatic rings. The second kappa shape index (κ2) is 5.48. The number of hydrogen-bond donors (Lipinski definition) is 2. The Morgan fingerprint density at radius 3 is 2.52 bits per heavy atom. The quantitative estimate of drug-likeness (QED) is 0.669. The van der Waals surface area contributed by atoms with Crippen molar-refractivity contribution in [1.82, 2.24) is 4.90 Å². The van der Waals surface area contributed by atoms with Crippen LogP contribution >= 0.6 is 0 Å². The molecule has 1 saturated carbocycles. The minimum Gasteiger partial charge on any atom is -0.505 e. The molecule has 0 bridgehead atoms. The van der Waals surface area contributed by atoms with Gasteiger partial charge in [-0.05, 0) is 30.5 Å². The molecule has 4 nitrogen and oxygen atoms in total. The lowest BCUT2D eigenvalue weighted by molar-refractivity contribution is 0.0727. The number of carbonyl (C=O) groups is 1. The van der Waals surface area contributed by atoms with Crippen molar-refractivity contribution in [2.75, 3.05) is 5.73 Å². The Hall–Kier alpha value is -2.49. The molecule has 3 N–H and O–H groups in total. The third-order valence-corrected chi connectivity index (χ3v) is 3.74. The summed E-state index contributed by atoms with van der Waals surface area (Å²) >= 11 is 0. The number of amides is 1. The standard InChI is InChI=1S/C17H18N2O2/c18-15-8-4-7-14(16(15)20)17(21)19(13-9-10-13)11-12-5-2-1-3-6-12/h1-8,13,20H,9-11,18H2. The van der Waals surface area contributed by atoms with E-state index in [-0.39, 0.29) is 28.9 Å². The number of nitrogens with two attached hydrogens (primary N) is 1. The number of rotatable bonds is 4. The number of anilines is 1. The molecule has 0 aliphatic heterocycles. The van der Waals surface area contributed by atoms with Crippen molar-refractivity contribution in [1.29, 1.82) is 0 Å². The van der Waals surface area contributed by atoms with Crippen molar-refractivity contribution < 1.29 is 9.90 Å². The maximum atomic E-state index is 12.7. The van der Waals surface area contributed by atoms with E-state index in [0.29, 0.717) is 6.54 Å². The maximum Gasteiger partial charge on any atom is 0.258 e. The van der Waals surface area contributed by atoms with Crippen LogP contribution in [-0.4, -0.2) is 22.0 Å². The first-order chi connectivity index (χ1) is 10.2. The fourth-order valence-electron chi connectivity index (χ4n) is 2.42. The average Bonchev–Trinajstić information content (AvgIpc) is 3.33. The molecule has 0 spiro atoms. The van der Waals surface area contributed by atoms with Crippen LogP contribution in [0.5, 0.6) is 5.75 Å². The van der Waals surface area contributed by atoms with E-state index in [1.54, 1.807) is 18.2 Å². The second-order valence-electron chi connectivity index (χ2n) is 5.39. The van der Waals surface area contributed by atoms with E-state index < -0.39 is 0 Å². The summed E-state index contributed by atoms with van der Waals surface area (Å²) in [6.45, 7) is 0.554. The van der Waals surface area contributed by atoms with Crippen LogP contribution in [0.2, 0.25) is 0 Å². The summed E-state index contributed by atoms with van der Waals surface area (Å²) in [4.78, 5) is 14.5. The molecule has 0 atom stereocenters. The number of aromatic hydroxyl groups is 1. The number of para-hydroxylation sites is 1. The summed E-state index contributed by atoms with van der Waals surface area (Å²) in [6.07, 6.45) is 2.03. The van der Waals surface area contributed by atoms with E-state index in [2.05, 4.69) is 0 Å². The van der Waals surface area contributed by atoms with Crippen LogP contribution in [0.3, 0.4) is 0 Å². The van der Waals surface area contributed by atoms with Gasteiger partial charge in [-0.15, -0.1) is 0 Å². The van der Waals surface area contributed by atoms with Gasteiger partial charge in [-0.25, -0.2) is 0 Å². The molecular weight excluding hydrogens is 264 g/mol. The van der Waals surface area contributed by atoms with Gasteiger partial charge in [0.25, 0.3) is 5.91 Å². The Morgan fingerprint density at radius 1 is 1.14 bits per heavy atom. The normalized spacial score (nSPS) is 13.9. The Kier molecular flexibility index (Phi) is 3.52. The van der Waals surface area contributed by atoms with Crippen LogP contribution in [0.25, 0.3) is 0 Å². The summed E-state index contributed by atoms with van der Waals surface area (Å²) in [6, 6.07) is 15.0. The van der Waals surface area contributed by atoms with E-state index >= 15 is 0 Å². The molecule has 0 heterocycles. The van der Waals surface area contributed by atoms with Crippen LogP contribution in [0.15, 0.2) is 48.5 Å². The minimum absolute atomic E-state index is 0.124. The molecule has 0 aromatic heterocycles. The monoisotopic (exact) mass is 282 g/mol. The summed E-state index contributed by atoms with van der Waals surface area (Å²) in [5.74, 6) is -0.285. The molecular formula is C17H18N2O2. The Labute approximate surface area is 123 Å². The lowest BCUT2D eigenvalue weighted by Crippen LogP contribution is -2.32. The molecule has 1 aliphatic rings. The van der Waals surface area contributed by atoms with E-state index in [1.165, 1.54) is 0 Å². The molecule has 3 rings (SSSR count). The largest absolute Gasteiger partial charge is 0.505 e. The van der Waals surface area contributed by atoms with E-state index in [1.807, 2.05) is 35.2 Å². The topological polar surface area (TPSA) is 66.6 Å². The molecule has 1 aliphatic carbocycles. The predicted molar refractivity (Wildman–Crippen MR) is 81.9 cm³/mol. The number of nitrogens with zero attached hydrogens (tertiary/aromatic N) is 1. The highest BCUT2D eigenvalue weighted by atomic mass is 16.3. The number of phenols is 1. The van der Waals surface area contributed by atoms with Gasteiger partial charge in [0.1, 0.15) is 0 Å². The first-order valence-corrected chi connectivity index (χ1v) is 7.09. The molecule has 0 saturated heterocycles. The zero-order chi connectivity index (χ0) is 14.8. The highest BCUT2D eigenvalue weighted by Crippen LogP contribution is 2.33. The Balaban J connectivity index is 1.87. The van der Waals surface area contributed by atoms with Gasteiger partial charge in [-0.2, -0.15) is 0 Å². The van der Waals surface area contributed by atoms with Gasteiger partial charge in [0.05, 0.1) is 11.3 Å². The van der Waals surface area contributed by atoms with E-state index in [4.69, 9.17) is 5.73 Å². The van der Waals surface area contributed by atoms with Crippen LogP contribution in [0.4, 0.5) is 5.69 Å². The molecule has 0 radical (unpaired) electrons. The highest BCUT2D eigenvalue weighted by molar-refractivity contribution is 5.98. The Morgan fingerprint density at radius 2 is 1.86 bits per heavy atom. The molecule has 2 aromatic carbocycles. The third-order valence-electron chi connectivity index (χ3n) is 3.74. The van der Waals surface area contributed by atoms with E-state index in [0.717, 1.165) is 18.4 Å². The number of carbonyl (C=O) groups excluding carboxylic acids is 1. The Bertz CT molecular complexity index is 651. The number of phenolic OH excluding ortho intramolecular Hbond substituents is 1. The molecule has 108 valence electrons. The zero-order valence-electron chi connectivity index (χ0n) is 11.7. The summed E-state index contributed by atoms with van der Waals surface area (Å²) in [5.41, 5.74) is 7.27. The lowest BCUT2D eigenvalue weighted by Gasteiger charge is -2.23. The second-order valence-corrected chi connectivity index (χ2v) is 5.39. The molecule has 1 amide bonds. The van der Waals surface area contributed by atoms with Gasteiger partial charge in [-0.1, -0.05) is 36.4 Å². The van der Waals surface area contributed by atoms with Crippen molar-refractivity contribution in [2.24, 2.45) is 0 Å². The van der Waals surface area contributed by atoms with Gasteiger partial charge in [0, 0.05) is 12.6 Å². The maximum absolute atomic E-state index is 12.7. The first kappa shape index (κ1) is 13.5. The fraction of sp³-hybridized carbons (Fsp3) is 0.235. The van der Waals surface area contributed by atoms with Gasteiger partial charge in [-0.3, -0.25) is 4.79 Å². The predicted octanol–water partition coefficient (Wildman–Crippen LogP) is 2.78. The van der Waals surface area contributed by atoms with Crippen LogP contribution in [0, 0.1) is 0 Å². The molecule has 21 heavy (non-hydrogen) atoms. The number of benzene rings is 2. The van der Waals surface area contributed by atoms with Gasteiger partial charge < -0.3 is 15.7 Å². The van der Waals surface area contributed by atoms with Crippen LogP contribution in [0.1, 0.15) is 28.8 Å². The third kappa shape index (κ3) is 2.84. The van der Waals surface area contributed by atoms with Gasteiger partial charge in [0.15, 0.2) is 5.75 Å². The van der Waals surface area contributed by atoms with Crippen molar-refractivity contribution in [3.8, 4) is 5.75 Å². The molecule has 4 heteroatoms. The SMILES string of the molecule is Nc1cccc(C(=O)N(Cc2ccccc2)C2CC2)c1O. The van der Waals surface area contributed by atoms with Gasteiger partial charge >= 0.3 is 0 Å². The summed E-state index contributed by atoms with van der Waals surface area (Å²) in [5, 5.41) is 10.0. The van der Waals surface area contributed by atoms with E-state index in [9.17, 15) is 9.90 Å². The van der Waals surface area contributed by atoms with Crippen molar-refractivity contribution in [3.63, 3.8) is 0 Å². The summed E-state index contributed by atoms with van der Waals surface area (Å²) < 4.78 is 0. The van der Waals surface area contributed by atoms with Crippen LogP contribution in [-0.2, 0) is 6.54 Å². The average molecular weight is 282 g/mol. The van der Waals surface area contributed by atoms with Crippen molar-refractivity contribution in [2.45, 2.75) is 25.4 Å². The smallest absolute Gasteiger partial charge is 0.258 e. The van der Waals surface area contributed by atoms with Gasteiger partial charge in [0.2, 0.25) is 0 Å². The van der Waals surface area contributed by atoms with Crippen molar-refractivity contribution >= 4 is 11.6 Å². The number of nitrogen functional groups attached to an aromatic ring is 1. The number of hydrogen-bond acceptors (Lipinski definition) is 3. The van der Waals surface area contributed by atoms with Crippen LogP contribution < -0.4 is 5.73 Å². The fourth-order valence-corrected chi connectivity index (χ4v) is 2.42. The summed E-state index contributed by atoms with van der Waals surface area (Å²) in [7, 11) is 0. The molecule has 0 unspecified atom stereocenters. The molecule has 1 fully saturated rings. The lowest BCUT2D eigenvalue weighted by atomic mass is 10.1.